The highest BCUT2D eigenvalue weighted by Gasteiger charge is 2.23. The average molecular weight is 297 g/mol. The molecule has 0 radical (unpaired) electrons. The van der Waals surface area contributed by atoms with Crippen molar-refractivity contribution >= 4 is 27.3 Å². The van der Waals surface area contributed by atoms with Gasteiger partial charge >= 0.3 is 0 Å². The summed E-state index contributed by atoms with van der Waals surface area (Å²) in [5.41, 5.74) is 5.24. The maximum Gasteiger partial charge on any atom is 0.293 e. The standard InChI is InChI=1S/C10H11N5O4S/c1-6-4-7(11)8(15(16)17)5-9(6)20(18,19)14-10-12-2-3-13-10/h2-5H,11H2,1H3,(H2,12,13,14). The molecule has 0 aliphatic heterocycles. The fourth-order valence-electron chi connectivity index (χ4n) is 1.65. The molecule has 0 bridgehead atoms. The van der Waals surface area contributed by atoms with E-state index >= 15 is 0 Å². The number of nitro groups is 1. The predicted octanol–water partition coefficient (Wildman–Crippen LogP) is 1.01. The van der Waals surface area contributed by atoms with Gasteiger partial charge in [0.1, 0.15) is 5.69 Å². The van der Waals surface area contributed by atoms with Gasteiger partial charge in [-0.2, -0.15) is 0 Å². The number of benzene rings is 1. The molecule has 2 aromatic rings. The number of nitrogens with two attached hydrogens (primary N) is 1. The van der Waals surface area contributed by atoms with Crippen molar-refractivity contribution in [2.24, 2.45) is 0 Å². The van der Waals surface area contributed by atoms with Gasteiger partial charge in [-0.1, -0.05) is 0 Å². The van der Waals surface area contributed by atoms with E-state index in [0.717, 1.165) is 6.07 Å². The van der Waals surface area contributed by atoms with E-state index in [-0.39, 0.29) is 16.5 Å². The lowest BCUT2D eigenvalue weighted by molar-refractivity contribution is -0.384. The number of imidazole rings is 1. The maximum absolute atomic E-state index is 12.2. The Balaban J connectivity index is 2.51. The second-order valence-corrected chi connectivity index (χ2v) is 5.63. The molecule has 10 heteroatoms. The van der Waals surface area contributed by atoms with Crippen molar-refractivity contribution < 1.29 is 13.3 Å². The van der Waals surface area contributed by atoms with Gasteiger partial charge < -0.3 is 10.7 Å². The summed E-state index contributed by atoms with van der Waals surface area (Å²) in [6, 6.07) is 2.17. The van der Waals surface area contributed by atoms with E-state index in [1.165, 1.54) is 25.4 Å². The Morgan fingerprint density at radius 1 is 1.45 bits per heavy atom. The Morgan fingerprint density at radius 2 is 2.15 bits per heavy atom. The number of rotatable bonds is 4. The first-order valence-electron chi connectivity index (χ1n) is 5.38. The second-order valence-electron chi connectivity index (χ2n) is 3.98. The third kappa shape index (κ3) is 2.54. The van der Waals surface area contributed by atoms with Crippen molar-refractivity contribution in [3.05, 3.63) is 40.2 Å². The molecule has 0 fully saturated rings. The van der Waals surface area contributed by atoms with E-state index in [9.17, 15) is 18.5 Å². The number of hydrogen-bond acceptors (Lipinski definition) is 6. The minimum absolute atomic E-state index is 0.0175. The zero-order valence-corrected chi connectivity index (χ0v) is 11.1. The van der Waals surface area contributed by atoms with E-state index in [2.05, 4.69) is 14.7 Å². The minimum atomic E-state index is -3.99. The molecule has 0 amide bonds. The maximum atomic E-state index is 12.2. The molecule has 20 heavy (non-hydrogen) atoms. The highest BCUT2D eigenvalue weighted by Crippen LogP contribution is 2.28. The van der Waals surface area contributed by atoms with Crippen molar-refractivity contribution in [1.29, 1.82) is 0 Å². The molecule has 4 N–H and O–H groups in total. The molecule has 0 aliphatic carbocycles. The Hall–Kier alpha value is -2.62. The number of nitro benzene ring substituents is 1. The summed E-state index contributed by atoms with van der Waals surface area (Å²) in [6.07, 6.45) is 2.81. The third-order valence-corrected chi connectivity index (χ3v) is 4.02. The van der Waals surface area contributed by atoms with Crippen molar-refractivity contribution in [1.82, 2.24) is 9.97 Å². The Kier molecular flexibility index (Phi) is 3.32. The molecule has 0 atom stereocenters. The smallest absolute Gasteiger partial charge is 0.293 e. The number of sulfonamides is 1. The van der Waals surface area contributed by atoms with E-state index in [4.69, 9.17) is 5.73 Å². The van der Waals surface area contributed by atoms with Crippen LogP contribution in [0.4, 0.5) is 17.3 Å². The van der Waals surface area contributed by atoms with Crippen molar-refractivity contribution in [2.45, 2.75) is 11.8 Å². The van der Waals surface area contributed by atoms with Gasteiger partial charge in [-0.3, -0.25) is 10.1 Å². The van der Waals surface area contributed by atoms with Crippen LogP contribution in [0.5, 0.6) is 0 Å². The first-order valence-corrected chi connectivity index (χ1v) is 6.86. The number of nitrogen functional groups attached to an aromatic ring is 1. The first kappa shape index (κ1) is 13.8. The summed E-state index contributed by atoms with van der Waals surface area (Å²) in [5.74, 6) is 0.0175. The summed E-state index contributed by atoms with van der Waals surface area (Å²) < 4.78 is 26.5. The highest BCUT2D eigenvalue weighted by atomic mass is 32.2. The molecule has 2 rings (SSSR count). The molecular weight excluding hydrogens is 286 g/mol. The van der Waals surface area contributed by atoms with Crippen LogP contribution in [0.15, 0.2) is 29.4 Å². The van der Waals surface area contributed by atoms with E-state index < -0.39 is 20.6 Å². The van der Waals surface area contributed by atoms with Crippen molar-refractivity contribution in [3.8, 4) is 0 Å². The second kappa shape index (κ2) is 4.81. The summed E-state index contributed by atoms with van der Waals surface area (Å²) in [6.45, 7) is 1.50. The summed E-state index contributed by atoms with van der Waals surface area (Å²) in [5, 5.41) is 10.8. The molecule has 0 aliphatic rings. The number of hydrogen-bond donors (Lipinski definition) is 3. The van der Waals surface area contributed by atoms with Crippen LogP contribution in [0.2, 0.25) is 0 Å². The van der Waals surface area contributed by atoms with Crippen LogP contribution < -0.4 is 10.5 Å². The van der Waals surface area contributed by atoms with Crippen molar-refractivity contribution in [3.63, 3.8) is 0 Å². The third-order valence-electron chi connectivity index (χ3n) is 2.54. The summed E-state index contributed by atoms with van der Waals surface area (Å²) >= 11 is 0. The van der Waals surface area contributed by atoms with Crippen LogP contribution in [0.25, 0.3) is 0 Å². The van der Waals surface area contributed by atoms with Crippen LogP contribution in [-0.2, 0) is 10.0 Å². The van der Waals surface area contributed by atoms with Gasteiger partial charge in [0.15, 0.2) is 0 Å². The van der Waals surface area contributed by atoms with Gasteiger partial charge in [0.2, 0.25) is 5.95 Å². The average Bonchev–Trinajstić information content (AvgIpc) is 2.79. The zero-order chi connectivity index (χ0) is 14.9. The Bertz CT molecular complexity index is 754. The number of nitrogens with one attached hydrogen (secondary N) is 2. The van der Waals surface area contributed by atoms with Crippen LogP contribution in [-0.4, -0.2) is 23.3 Å². The van der Waals surface area contributed by atoms with E-state index in [0.29, 0.717) is 5.56 Å². The monoisotopic (exact) mass is 297 g/mol. The molecule has 1 aromatic carbocycles. The van der Waals surface area contributed by atoms with Gasteiger partial charge in [-0.25, -0.2) is 18.1 Å². The number of H-pyrrole nitrogens is 1. The lowest BCUT2D eigenvalue weighted by atomic mass is 10.2. The number of aromatic nitrogens is 2. The lowest BCUT2D eigenvalue weighted by Crippen LogP contribution is -2.16. The number of nitrogens with zero attached hydrogens (tertiary/aromatic N) is 2. The number of aromatic amines is 1. The highest BCUT2D eigenvalue weighted by molar-refractivity contribution is 7.92. The fraction of sp³-hybridized carbons (Fsp3) is 0.100. The topological polar surface area (TPSA) is 144 Å². The summed E-state index contributed by atoms with van der Waals surface area (Å²) in [4.78, 5) is 16.2. The fourth-order valence-corrected chi connectivity index (χ4v) is 2.88. The number of aryl methyl sites for hydroxylation is 1. The number of anilines is 2. The molecule has 1 heterocycles. The van der Waals surface area contributed by atoms with Gasteiger partial charge in [-0.05, 0) is 18.6 Å². The van der Waals surface area contributed by atoms with E-state index in [1.807, 2.05) is 0 Å². The minimum Gasteiger partial charge on any atom is -0.393 e. The zero-order valence-electron chi connectivity index (χ0n) is 10.3. The van der Waals surface area contributed by atoms with Crippen LogP contribution in [0.3, 0.4) is 0 Å². The van der Waals surface area contributed by atoms with Crippen LogP contribution in [0, 0.1) is 17.0 Å². The normalized spacial score (nSPS) is 11.2. The lowest BCUT2D eigenvalue weighted by Gasteiger charge is -2.09. The van der Waals surface area contributed by atoms with Gasteiger partial charge in [0.05, 0.1) is 9.82 Å². The Labute approximate surface area is 114 Å². The molecule has 0 saturated carbocycles. The van der Waals surface area contributed by atoms with Crippen LogP contribution >= 0.6 is 0 Å². The first-order chi connectivity index (χ1) is 9.31. The van der Waals surface area contributed by atoms with Gasteiger partial charge in [0, 0.05) is 18.5 Å². The molecular formula is C10H11N5O4S. The molecule has 106 valence electrons. The van der Waals surface area contributed by atoms with Gasteiger partial charge in [0.25, 0.3) is 15.7 Å². The molecule has 1 aromatic heterocycles. The van der Waals surface area contributed by atoms with Crippen molar-refractivity contribution in [2.75, 3.05) is 10.5 Å². The molecule has 0 saturated heterocycles. The predicted molar refractivity (Wildman–Crippen MR) is 71.6 cm³/mol. The van der Waals surface area contributed by atoms with Gasteiger partial charge in [-0.15, -0.1) is 0 Å². The molecule has 0 unspecified atom stereocenters. The summed E-state index contributed by atoms with van der Waals surface area (Å²) in [7, 11) is -3.99. The Morgan fingerprint density at radius 3 is 2.70 bits per heavy atom. The largest absolute Gasteiger partial charge is 0.393 e. The molecule has 0 spiro atoms. The quantitative estimate of drug-likeness (QED) is 0.436. The van der Waals surface area contributed by atoms with Crippen LogP contribution in [0.1, 0.15) is 5.56 Å². The SMILES string of the molecule is Cc1cc(N)c([N+](=O)[O-])cc1S(=O)(=O)Nc1ncc[nH]1. The molecule has 9 nitrogen and oxygen atoms in total. The van der Waals surface area contributed by atoms with E-state index in [1.54, 1.807) is 0 Å².